The second kappa shape index (κ2) is 11.5. The highest BCUT2D eigenvalue weighted by Crippen LogP contribution is 2.03. The van der Waals surface area contributed by atoms with E-state index in [1.165, 1.54) is 38.5 Å². The largest absolute Gasteiger partial charge is 0.370 e. The highest BCUT2D eigenvalue weighted by Gasteiger charge is 1.93. The summed E-state index contributed by atoms with van der Waals surface area (Å²) in [7, 11) is 0. The molecule has 3 N–H and O–H groups in total. The van der Waals surface area contributed by atoms with Gasteiger partial charge in [-0.2, -0.15) is 0 Å². The van der Waals surface area contributed by atoms with Crippen LogP contribution in [0.3, 0.4) is 0 Å². The maximum atomic E-state index is 10.4. The van der Waals surface area contributed by atoms with E-state index in [1.54, 1.807) is 0 Å². The molecule has 0 aliphatic rings. The van der Waals surface area contributed by atoms with Crippen molar-refractivity contribution in [3.8, 4) is 0 Å². The number of hydrogen-bond donors (Lipinski definition) is 2. The van der Waals surface area contributed by atoms with Crippen molar-refractivity contribution in [2.75, 3.05) is 13.1 Å². The Balaban J connectivity index is 2.89. The first-order valence-electron chi connectivity index (χ1n) is 6.26. The number of rotatable bonds is 11. The molecule has 0 rings (SSSR count). The number of hydrogen-bond acceptors (Lipinski definition) is 2. The Kier molecular flexibility index (Phi) is 11.1. The third kappa shape index (κ3) is 13.4. The fraction of sp³-hybridized carbons (Fsp3) is 0.917. The van der Waals surface area contributed by atoms with Crippen LogP contribution in [0.15, 0.2) is 0 Å². The molecule has 3 nitrogen and oxygen atoms in total. The van der Waals surface area contributed by atoms with Gasteiger partial charge < -0.3 is 11.1 Å². The average Bonchev–Trinajstić information content (AvgIpc) is 2.20. The molecule has 1 amide bonds. The normalized spacial score (nSPS) is 10.5. The SMILES string of the molecule is CCCCCCCCNCCCC(N)=O. The molecule has 0 spiro atoms. The van der Waals surface area contributed by atoms with Crippen molar-refractivity contribution in [1.29, 1.82) is 0 Å². The molecule has 0 aliphatic carbocycles. The average molecular weight is 214 g/mol. The first kappa shape index (κ1) is 14.4. The van der Waals surface area contributed by atoms with Gasteiger partial charge in [0.05, 0.1) is 0 Å². The lowest BCUT2D eigenvalue weighted by molar-refractivity contribution is -0.118. The molecule has 0 aromatic heterocycles. The topological polar surface area (TPSA) is 55.1 Å². The van der Waals surface area contributed by atoms with Gasteiger partial charge in [-0.1, -0.05) is 39.0 Å². The van der Waals surface area contributed by atoms with Crippen molar-refractivity contribution in [2.45, 2.75) is 58.3 Å². The summed E-state index contributed by atoms with van der Waals surface area (Å²) in [6, 6.07) is 0. The van der Waals surface area contributed by atoms with Crippen molar-refractivity contribution in [1.82, 2.24) is 5.32 Å². The Bertz CT molecular complexity index is 149. The van der Waals surface area contributed by atoms with Crippen molar-refractivity contribution >= 4 is 5.91 Å². The van der Waals surface area contributed by atoms with E-state index in [9.17, 15) is 4.79 Å². The van der Waals surface area contributed by atoms with Crippen LogP contribution in [0.25, 0.3) is 0 Å². The molecular weight excluding hydrogens is 188 g/mol. The van der Waals surface area contributed by atoms with Crippen LogP contribution in [-0.4, -0.2) is 19.0 Å². The van der Waals surface area contributed by atoms with Gasteiger partial charge in [-0.15, -0.1) is 0 Å². The second-order valence-corrected chi connectivity index (χ2v) is 4.09. The summed E-state index contributed by atoms with van der Waals surface area (Å²) in [6.07, 6.45) is 9.35. The van der Waals surface area contributed by atoms with E-state index < -0.39 is 0 Å². The van der Waals surface area contributed by atoms with Crippen LogP contribution in [0, 0.1) is 0 Å². The molecule has 0 aromatic rings. The third-order valence-corrected chi connectivity index (χ3v) is 2.48. The van der Waals surface area contributed by atoms with Crippen LogP contribution in [0.4, 0.5) is 0 Å². The Morgan fingerprint density at radius 1 is 1.00 bits per heavy atom. The van der Waals surface area contributed by atoms with Gasteiger partial charge in [-0.25, -0.2) is 0 Å². The van der Waals surface area contributed by atoms with E-state index >= 15 is 0 Å². The second-order valence-electron chi connectivity index (χ2n) is 4.09. The first-order valence-corrected chi connectivity index (χ1v) is 6.26. The van der Waals surface area contributed by atoms with Gasteiger partial charge in [0.25, 0.3) is 0 Å². The summed E-state index contributed by atoms with van der Waals surface area (Å²) >= 11 is 0. The lowest BCUT2D eigenvalue weighted by atomic mass is 10.1. The molecule has 0 bridgehead atoms. The Labute approximate surface area is 93.8 Å². The van der Waals surface area contributed by atoms with Gasteiger partial charge in [0.2, 0.25) is 5.91 Å². The minimum absolute atomic E-state index is 0.198. The van der Waals surface area contributed by atoms with Crippen LogP contribution >= 0.6 is 0 Å². The van der Waals surface area contributed by atoms with E-state index in [4.69, 9.17) is 5.73 Å². The van der Waals surface area contributed by atoms with Gasteiger partial charge in [0.15, 0.2) is 0 Å². The monoisotopic (exact) mass is 214 g/mol. The zero-order valence-corrected chi connectivity index (χ0v) is 10.1. The van der Waals surface area contributed by atoms with Crippen molar-refractivity contribution in [3.05, 3.63) is 0 Å². The molecule has 0 heterocycles. The number of nitrogens with two attached hydrogens (primary N) is 1. The molecule has 0 fully saturated rings. The van der Waals surface area contributed by atoms with Crippen LogP contribution in [0.1, 0.15) is 58.3 Å². The van der Waals surface area contributed by atoms with E-state index in [-0.39, 0.29) is 5.91 Å². The molecule has 0 saturated carbocycles. The fourth-order valence-corrected chi connectivity index (χ4v) is 1.54. The van der Waals surface area contributed by atoms with Crippen LogP contribution in [0.5, 0.6) is 0 Å². The molecule has 0 atom stereocenters. The highest BCUT2D eigenvalue weighted by molar-refractivity contribution is 5.73. The lowest BCUT2D eigenvalue weighted by Crippen LogP contribution is -2.19. The van der Waals surface area contributed by atoms with E-state index in [2.05, 4.69) is 12.2 Å². The summed E-state index contributed by atoms with van der Waals surface area (Å²) < 4.78 is 0. The van der Waals surface area contributed by atoms with Crippen molar-refractivity contribution in [2.24, 2.45) is 5.73 Å². The lowest BCUT2D eigenvalue weighted by Gasteiger charge is -2.03. The molecule has 15 heavy (non-hydrogen) atoms. The predicted octanol–water partition coefficient (Wildman–Crippen LogP) is 2.20. The zero-order valence-electron chi connectivity index (χ0n) is 10.1. The third-order valence-electron chi connectivity index (χ3n) is 2.48. The molecule has 0 radical (unpaired) electrons. The van der Waals surface area contributed by atoms with Crippen LogP contribution in [-0.2, 0) is 4.79 Å². The maximum Gasteiger partial charge on any atom is 0.217 e. The number of amides is 1. The zero-order chi connectivity index (χ0) is 11.4. The molecule has 3 heteroatoms. The van der Waals surface area contributed by atoms with Gasteiger partial charge >= 0.3 is 0 Å². The number of primary amides is 1. The summed E-state index contributed by atoms with van der Waals surface area (Å²) in [5.74, 6) is -0.198. The summed E-state index contributed by atoms with van der Waals surface area (Å²) in [4.78, 5) is 10.4. The maximum absolute atomic E-state index is 10.4. The molecule has 0 unspecified atom stereocenters. The fourth-order valence-electron chi connectivity index (χ4n) is 1.54. The van der Waals surface area contributed by atoms with Crippen LogP contribution < -0.4 is 11.1 Å². The van der Waals surface area contributed by atoms with Gasteiger partial charge in [-0.3, -0.25) is 4.79 Å². The Morgan fingerprint density at radius 3 is 2.27 bits per heavy atom. The number of nitrogens with one attached hydrogen (secondary N) is 1. The predicted molar refractivity (Wildman–Crippen MR) is 64.7 cm³/mol. The van der Waals surface area contributed by atoms with Gasteiger partial charge in [-0.05, 0) is 25.9 Å². The Hall–Kier alpha value is -0.570. The summed E-state index contributed by atoms with van der Waals surface area (Å²) in [6.45, 7) is 4.23. The molecule has 90 valence electrons. The van der Waals surface area contributed by atoms with Crippen molar-refractivity contribution in [3.63, 3.8) is 0 Å². The first-order chi connectivity index (χ1) is 7.27. The molecule has 0 aliphatic heterocycles. The smallest absolute Gasteiger partial charge is 0.217 e. The number of unbranched alkanes of at least 4 members (excludes halogenated alkanes) is 5. The van der Waals surface area contributed by atoms with E-state index in [0.717, 1.165) is 19.5 Å². The summed E-state index contributed by atoms with van der Waals surface area (Å²) in [5.41, 5.74) is 5.03. The van der Waals surface area contributed by atoms with E-state index in [0.29, 0.717) is 6.42 Å². The summed E-state index contributed by atoms with van der Waals surface area (Å²) in [5, 5.41) is 3.32. The number of carbonyl (C=O) groups excluding carboxylic acids is 1. The van der Waals surface area contributed by atoms with Gasteiger partial charge in [0, 0.05) is 6.42 Å². The minimum atomic E-state index is -0.198. The quantitative estimate of drug-likeness (QED) is 0.518. The van der Waals surface area contributed by atoms with E-state index in [1.807, 2.05) is 0 Å². The molecular formula is C12H26N2O. The Morgan fingerprint density at radius 2 is 1.60 bits per heavy atom. The van der Waals surface area contributed by atoms with Crippen molar-refractivity contribution < 1.29 is 4.79 Å². The van der Waals surface area contributed by atoms with Crippen LogP contribution in [0.2, 0.25) is 0 Å². The minimum Gasteiger partial charge on any atom is -0.370 e. The van der Waals surface area contributed by atoms with Gasteiger partial charge in [0.1, 0.15) is 0 Å². The number of carbonyl (C=O) groups is 1. The highest BCUT2D eigenvalue weighted by atomic mass is 16.1. The molecule has 0 saturated heterocycles. The standard InChI is InChI=1S/C12H26N2O/c1-2-3-4-5-6-7-10-14-11-8-9-12(13)15/h14H,2-11H2,1H3,(H2,13,15). The molecule has 0 aromatic carbocycles.